The lowest BCUT2D eigenvalue weighted by atomic mass is 10.1. The van der Waals surface area contributed by atoms with Crippen LogP contribution in [0.3, 0.4) is 0 Å². The van der Waals surface area contributed by atoms with E-state index in [4.69, 9.17) is 0 Å². The molecule has 0 fully saturated rings. The Morgan fingerprint density at radius 2 is 1.60 bits per heavy atom. The lowest BCUT2D eigenvalue weighted by Gasteiger charge is -2.11. The molecule has 0 radical (unpaired) electrons. The maximum Gasteiger partial charge on any atom is 0.234 e. The van der Waals surface area contributed by atoms with Gasteiger partial charge in [-0.3, -0.25) is 14.4 Å². The summed E-state index contributed by atoms with van der Waals surface area (Å²) in [7, 11) is 0. The number of nitrogens with one attached hydrogen (secondary N) is 3. The largest absolute Gasteiger partial charge is 0.351 e. The second kappa shape index (κ2) is 12.0. The average molecular weight is 428 g/mol. The molecule has 1 unspecified atom stereocenters. The Morgan fingerprint density at radius 1 is 0.933 bits per heavy atom. The summed E-state index contributed by atoms with van der Waals surface area (Å²) in [6, 6.07) is 15.0. The zero-order valence-electron chi connectivity index (χ0n) is 17.7. The van der Waals surface area contributed by atoms with Crippen LogP contribution in [0.15, 0.2) is 48.5 Å². The SMILES string of the molecule is CCC(C)C(=O)Nc1cccc(CNC(=O)CSCC(=O)Nc2cccc(C)c2)c1. The number of rotatable bonds is 10. The van der Waals surface area contributed by atoms with E-state index in [1.54, 1.807) is 0 Å². The van der Waals surface area contributed by atoms with Crippen LogP contribution in [0, 0.1) is 12.8 Å². The molecule has 0 aliphatic heterocycles. The maximum atomic E-state index is 12.1. The minimum Gasteiger partial charge on any atom is -0.351 e. The fraction of sp³-hybridized carbons (Fsp3) is 0.348. The quantitative estimate of drug-likeness (QED) is 0.535. The molecule has 2 aromatic rings. The summed E-state index contributed by atoms with van der Waals surface area (Å²) in [5.74, 6) is 0.0672. The molecule has 0 bridgehead atoms. The zero-order chi connectivity index (χ0) is 21.9. The Labute approximate surface area is 182 Å². The van der Waals surface area contributed by atoms with Crippen molar-refractivity contribution in [1.82, 2.24) is 5.32 Å². The molecule has 7 heteroatoms. The van der Waals surface area contributed by atoms with Gasteiger partial charge in [-0.05, 0) is 48.7 Å². The number of benzene rings is 2. The molecule has 0 spiro atoms. The highest BCUT2D eigenvalue weighted by Gasteiger charge is 2.11. The van der Waals surface area contributed by atoms with Gasteiger partial charge in [-0.25, -0.2) is 0 Å². The van der Waals surface area contributed by atoms with Gasteiger partial charge in [-0.15, -0.1) is 11.8 Å². The third-order valence-electron chi connectivity index (χ3n) is 4.51. The standard InChI is InChI=1S/C23H29N3O3S/c1-4-17(3)23(29)26-20-10-6-8-18(12-20)13-24-21(27)14-30-15-22(28)25-19-9-5-7-16(2)11-19/h5-12,17H,4,13-15H2,1-3H3,(H,24,27)(H,25,28)(H,26,29). The van der Waals surface area contributed by atoms with Crippen LogP contribution < -0.4 is 16.0 Å². The molecule has 0 saturated carbocycles. The molecule has 1 atom stereocenters. The van der Waals surface area contributed by atoms with E-state index in [9.17, 15) is 14.4 Å². The number of hydrogen-bond donors (Lipinski definition) is 3. The van der Waals surface area contributed by atoms with Crippen LogP contribution in [0.4, 0.5) is 11.4 Å². The lowest BCUT2D eigenvalue weighted by molar-refractivity contribution is -0.120. The van der Waals surface area contributed by atoms with E-state index in [0.29, 0.717) is 12.2 Å². The summed E-state index contributed by atoms with van der Waals surface area (Å²) >= 11 is 1.26. The number of carbonyl (C=O) groups excluding carboxylic acids is 3. The van der Waals surface area contributed by atoms with Gasteiger partial charge in [0, 0.05) is 23.8 Å². The van der Waals surface area contributed by atoms with Crippen molar-refractivity contribution in [2.75, 3.05) is 22.1 Å². The summed E-state index contributed by atoms with van der Waals surface area (Å²) in [5.41, 5.74) is 3.44. The van der Waals surface area contributed by atoms with Crippen molar-refractivity contribution in [2.45, 2.75) is 33.7 Å². The Bertz CT molecular complexity index is 886. The smallest absolute Gasteiger partial charge is 0.234 e. The third kappa shape index (κ3) is 8.29. The molecular formula is C23H29N3O3S. The number of thioether (sulfide) groups is 1. The van der Waals surface area contributed by atoms with Crippen LogP contribution in [0.5, 0.6) is 0 Å². The van der Waals surface area contributed by atoms with Gasteiger partial charge in [0.25, 0.3) is 0 Å². The monoisotopic (exact) mass is 427 g/mol. The number of hydrogen-bond acceptors (Lipinski definition) is 4. The van der Waals surface area contributed by atoms with E-state index in [0.717, 1.165) is 23.2 Å². The zero-order valence-corrected chi connectivity index (χ0v) is 18.5. The number of amides is 3. The van der Waals surface area contributed by atoms with Crippen LogP contribution >= 0.6 is 11.8 Å². The van der Waals surface area contributed by atoms with E-state index >= 15 is 0 Å². The van der Waals surface area contributed by atoms with Crippen LogP contribution in [-0.4, -0.2) is 29.2 Å². The van der Waals surface area contributed by atoms with Gasteiger partial charge >= 0.3 is 0 Å². The molecule has 0 aliphatic rings. The van der Waals surface area contributed by atoms with Crippen LogP contribution in [0.25, 0.3) is 0 Å². The maximum absolute atomic E-state index is 12.1. The fourth-order valence-electron chi connectivity index (χ4n) is 2.62. The predicted molar refractivity (Wildman–Crippen MR) is 124 cm³/mol. The van der Waals surface area contributed by atoms with Gasteiger partial charge in [0.1, 0.15) is 0 Å². The number of carbonyl (C=O) groups is 3. The number of aryl methyl sites for hydroxylation is 1. The van der Waals surface area contributed by atoms with Crippen molar-refractivity contribution in [1.29, 1.82) is 0 Å². The van der Waals surface area contributed by atoms with Crippen LogP contribution in [0.2, 0.25) is 0 Å². The summed E-state index contributed by atoms with van der Waals surface area (Å²) in [6.07, 6.45) is 0.780. The van der Waals surface area contributed by atoms with Gasteiger partial charge in [-0.1, -0.05) is 38.1 Å². The highest BCUT2D eigenvalue weighted by Crippen LogP contribution is 2.13. The summed E-state index contributed by atoms with van der Waals surface area (Å²) in [6.45, 7) is 6.19. The van der Waals surface area contributed by atoms with E-state index in [1.165, 1.54) is 11.8 Å². The van der Waals surface area contributed by atoms with Crippen molar-refractivity contribution < 1.29 is 14.4 Å². The molecule has 0 heterocycles. The Morgan fingerprint density at radius 3 is 2.30 bits per heavy atom. The lowest BCUT2D eigenvalue weighted by Crippen LogP contribution is -2.25. The summed E-state index contributed by atoms with van der Waals surface area (Å²) < 4.78 is 0. The summed E-state index contributed by atoms with van der Waals surface area (Å²) in [5, 5.41) is 8.55. The highest BCUT2D eigenvalue weighted by molar-refractivity contribution is 8.00. The van der Waals surface area contributed by atoms with Gasteiger partial charge in [-0.2, -0.15) is 0 Å². The Hall–Kier alpha value is -2.80. The van der Waals surface area contributed by atoms with Crippen molar-refractivity contribution in [3.8, 4) is 0 Å². The van der Waals surface area contributed by atoms with Gasteiger partial charge < -0.3 is 16.0 Å². The Balaban J connectivity index is 1.71. The third-order valence-corrected chi connectivity index (χ3v) is 5.44. The normalized spacial score (nSPS) is 11.4. The first-order valence-electron chi connectivity index (χ1n) is 9.98. The van der Waals surface area contributed by atoms with E-state index in [1.807, 2.05) is 69.3 Å². The molecule has 6 nitrogen and oxygen atoms in total. The second-order valence-electron chi connectivity index (χ2n) is 7.19. The van der Waals surface area contributed by atoms with E-state index in [2.05, 4.69) is 16.0 Å². The second-order valence-corrected chi connectivity index (χ2v) is 8.17. The minimum atomic E-state index is -0.141. The van der Waals surface area contributed by atoms with Gasteiger partial charge in [0.05, 0.1) is 11.5 Å². The average Bonchev–Trinajstić information content (AvgIpc) is 2.72. The first-order chi connectivity index (χ1) is 14.4. The van der Waals surface area contributed by atoms with Crippen molar-refractivity contribution in [3.63, 3.8) is 0 Å². The van der Waals surface area contributed by atoms with Crippen LogP contribution in [0.1, 0.15) is 31.4 Å². The molecule has 3 N–H and O–H groups in total. The molecule has 0 saturated heterocycles. The molecule has 0 aromatic heterocycles. The van der Waals surface area contributed by atoms with Crippen molar-refractivity contribution in [2.24, 2.45) is 5.92 Å². The minimum absolute atomic E-state index is 0.0148. The van der Waals surface area contributed by atoms with E-state index in [-0.39, 0.29) is 35.1 Å². The first kappa shape index (κ1) is 23.5. The summed E-state index contributed by atoms with van der Waals surface area (Å²) in [4.78, 5) is 36.0. The number of anilines is 2. The van der Waals surface area contributed by atoms with Gasteiger partial charge in [0.2, 0.25) is 17.7 Å². The van der Waals surface area contributed by atoms with E-state index < -0.39 is 0 Å². The topological polar surface area (TPSA) is 87.3 Å². The molecule has 2 aromatic carbocycles. The van der Waals surface area contributed by atoms with Gasteiger partial charge in [0.15, 0.2) is 0 Å². The predicted octanol–water partition coefficient (Wildman–Crippen LogP) is 3.97. The highest BCUT2D eigenvalue weighted by atomic mass is 32.2. The Kier molecular flexibility index (Phi) is 9.41. The molecule has 2 rings (SSSR count). The van der Waals surface area contributed by atoms with Crippen molar-refractivity contribution >= 4 is 40.9 Å². The molecular weight excluding hydrogens is 398 g/mol. The fourth-order valence-corrected chi connectivity index (χ4v) is 3.26. The first-order valence-corrected chi connectivity index (χ1v) is 11.1. The molecule has 0 aliphatic carbocycles. The molecule has 160 valence electrons. The molecule has 30 heavy (non-hydrogen) atoms. The van der Waals surface area contributed by atoms with Crippen LogP contribution in [-0.2, 0) is 20.9 Å². The molecule has 3 amide bonds. The van der Waals surface area contributed by atoms with Crippen molar-refractivity contribution in [3.05, 3.63) is 59.7 Å².